The molecule has 13 heteroatoms. The van der Waals surface area contributed by atoms with Crippen molar-refractivity contribution in [3.8, 4) is 17.2 Å². The number of aromatic carboxylic acids is 1. The van der Waals surface area contributed by atoms with Crippen molar-refractivity contribution in [3.05, 3.63) is 76.3 Å². The van der Waals surface area contributed by atoms with Gasteiger partial charge in [-0.3, -0.25) is 9.59 Å². The van der Waals surface area contributed by atoms with Crippen molar-refractivity contribution in [2.24, 2.45) is 5.41 Å². The summed E-state index contributed by atoms with van der Waals surface area (Å²) in [6.07, 6.45) is 0.0588. The Morgan fingerprint density at radius 2 is 1.65 bits per heavy atom. The highest BCUT2D eigenvalue weighted by molar-refractivity contribution is 6.30. The molecule has 3 aromatic carbocycles. The normalized spacial score (nSPS) is 11.3. The maximum absolute atomic E-state index is 11.3. The van der Waals surface area contributed by atoms with Gasteiger partial charge in [0.05, 0.1) is 39.2 Å². The number of esters is 1. The summed E-state index contributed by atoms with van der Waals surface area (Å²) >= 11 is 6.38. The average Bonchev–Trinajstić information content (AvgIpc) is 3.03. The molecular formula is C35H43ClN2O10. The summed E-state index contributed by atoms with van der Waals surface area (Å²) in [5.74, 6) is -0.158. The molecule has 0 aromatic heterocycles. The van der Waals surface area contributed by atoms with Gasteiger partial charge in [-0.25, -0.2) is 4.79 Å². The zero-order chi connectivity index (χ0) is 36.0. The molecule has 260 valence electrons. The van der Waals surface area contributed by atoms with Gasteiger partial charge in [0.25, 0.3) is 0 Å². The number of carboxylic acids is 1. The van der Waals surface area contributed by atoms with Gasteiger partial charge in [0, 0.05) is 54.7 Å². The second kappa shape index (κ2) is 18.5. The van der Waals surface area contributed by atoms with Gasteiger partial charge in [-0.1, -0.05) is 37.6 Å². The Morgan fingerprint density at radius 1 is 0.958 bits per heavy atom. The van der Waals surface area contributed by atoms with Gasteiger partial charge in [0.1, 0.15) is 24.7 Å². The maximum atomic E-state index is 11.3. The van der Waals surface area contributed by atoms with Crippen molar-refractivity contribution in [1.82, 2.24) is 0 Å². The van der Waals surface area contributed by atoms with Crippen LogP contribution in [0.3, 0.4) is 0 Å². The number of hydrogen-bond donors (Lipinski definition) is 2. The van der Waals surface area contributed by atoms with E-state index in [9.17, 15) is 19.2 Å². The van der Waals surface area contributed by atoms with Gasteiger partial charge < -0.3 is 43.8 Å². The van der Waals surface area contributed by atoms with Crippen LogP contribution in [0.4, 0.5) is 11.4 Å². The molecule has 1 unspecified atom stereocenters. The quantitative estimate of drug-likeness (QED) is 0.142. The van der Waals surface area contributed by atoms with E-state index in [2.05, 4.69) is 10.2 Å². The minimum atomic E-state index is -1.05. The molecule has 1 atom stereocenters. The first-order valence-corrected chi connectivity index (χ1v) is 15.1. The fourth-order valence-electron chi connectivity index (χ4n) is 4.88. The molecule has 2 N–H and O–H groups in total. The van der Waals surface area contributed by atoms with Gasteiger partial charge >= 0.3 is 11.9 Å². The van der Waals surface area contributed by atoms with Crippen LogP contribution in [0.25, 0.3) is 0 Å². The summed E-state index contributed by atoms with van der Waals surface area (Å²) in [5, 5.41) is 11.8. The number of nitrogens with zero attached hydrogens (tertiary/aromatic N) is 1. The number of carboxylic acid groups (broad SMARTS) is 1. The molecule has 0 aliphatic heterocycles. The Bertz CT molecular complexity index is 1580. The van der Waals surface area contributed by atoms with Crippen molar-refractivity contribution in [2.75, 3.05) is 58.4 Å². The fourth-order valence-corrected chi connectivity index (χ4v) is 5.06. The van der Waals surface area contributed by atoms with E-state index in [4.69, 9.17) is 40.4 Å². The molecule has 0 saturated heterocycles. The van der Waals surface area contributed by atoms with Crippen molar-refractivity contribution >= 4 is 47.1 Å². The van der Waals surface area contributed by atoms with E-state index in [0.29, 0.717) is 46.4 Å². The van der Waals surface area contributed by atoms with E-state index in [0.717, 1.165) is 11.3 Å². The van der Waals surface area contributed by atoms with Crippen LogP contribution in [0.15, 0.2) is 54.6 Å². The fraction of sp³-hybridized carbons (Fsp3) is 0.371. The number of amides is 1. The molecule has 0 radical (unpaired) electrons. The average molecular weight is 687 g/mol. The Labute approximate surface area is 285 Å². The summed E-state index contributed by atoms with van der Waals surface area (Å²) in [7, 11) is 6.51. The van der Waals surface area contributed by atoms with Crippen molar-refractivity contribution in [3.63, 3.8) is 0 Å². The van der Waals surface area contributed by atoms with Crippen LogP contribution in [0, 0.1) is 5.41 Å². The molecular weight excluding hydrogens is 644 g/mol. The van der Waals surface area contributed by atoms with Crippen LogP contribution in [0.1, 0.15) is 55.3 Å². The minimum absolute atomic E-state index is 0.0968. The number of aldehydes is 1. The molecule has 0 spiro atoms. The first kappa shape index (κ1) is 39.4. The highest BCUT2D eigenvalue weighted by atomic mass is 35.5. The molecule has 3 aromatic rings. The van der Waals surface area contributed by atoms with Gasteiger partial charge in [-0.2, -0.15) is 0 Å². The Balaban J connectivity index is 0.000000444. The molecule has 48 heavy (non-hydrogen) atoms. The summed E-state index contributed by atoms with van der Waals surface area (Å²) in [4.78, 5) is 46.1. The third kappa shape index (κ3) is 11.5. The monoisotopic (exact) mass is 686 g/mol. The first-order valence-electron chi connectivity index (χ1n) is 14.8. The lowest BCUT2D eigenvalue weighted by Crippen LogP contribution is -2.36. The SMILES string of the molecule is COc1ccc(C(=O)O)cc1NC(C)=O.COc1cccc(C(OCC=O)c2cc(Cl)ccc2N(C)CC(C)(C)COC(C)=O)c1OC. The largest absolute Gasteiger partial charge is 0.495 e. The highest BCUT2D eigenvalue weighted by Crippen LogP contribution is 2.42. The lowest BCUT2D eigenvalue weighted by atomic mass is 9.92. The minimum Gasteiger partial charge on any atom is -0.495 e. The number of carbonyl (C=O) groups excluding carboxylic acids is 3. The van der Waals surface area contributed by atoms with E-state index in [1.54, 1.807) is 26.4 Å². The molecule has 1 amide bonds. The van der Waals surface area contributed by atoms with E-state index < -0.39 is 12.1 Å². The molecule has 0 aliphatic rings. The lowest BCUT2D eigenvalue weighted by Gasteiger charge is -2.33. The number of anilines is 2. The lowest BCUT2D eigenvalue weighted by molar-refractivity contribution is -0.143. The highest BCUT2D eigenvalue weighted by Gasteiger charge is 2.28. The number of para-hydroxylation sites is 1. The third-order valence-corrected chi connectivity index (χ3v) is 7.05. The Morgan fingerprint density at radius 3 is 2.21 bits per heavy atom. The zero-order valence-electron chi connectivity index (χ0n) is 28.4. The van der Waals surface area contributed by atoms with Crippen molar-refractivity contribution in [1.29, 1.82) is 0 Å². The third-order valence-electron chi connectivity index (χ3n) is 6.82. The summed E-state index contributed by atoms with van der Waals surface area (Å²) < 4.78 is 27.3. The maximum Gasteiger partial charge on any atom is 0.335 e. The number of benzene rings is 3. The van der Waals surface area contributed by atoms with Crippen LogP contribution in [-0.4, -0.2) is 77.4 Å². The first-order chi connectivity index (χ1) is 22.7. The predicted molar refractivity (Wildman–Crippen MR) is 183 cm³/mol. The van der Waals surface area contributed by atoms with Crippen molar-refractivity contribution in [2.45, 2.75) is 33.8 Å². The van der Waals surface area contributed by atoms with E-state index in [1.807, 2.05) is 45.2 Å². The molecule has 0 saturated carbocycles. The Hall–Kier alpha value is -4.81. The van der Waals surface area contributed by atoms with Crippen LogP contribution in [0.2, 0.25) is 5.02 Å². The molecule has 12 nitrogen and oxygen atoms in total. The number of halogens is 1. The second-order valence-electron chi connectivity index (χ2n) is 11.4. The number of rotatable bonds is 15. The molecule has 0 fully saturated rings. The van der Waals surface area contributed by atoms with Crippen LogP contribution in [-0.2, 0) is 23.9 Å². The van der Waals surface area contributed by atoms with E-state index >= 15 is 0 Å². The molecule has 3 rings (SSSR count). The van der Waals surface area contributed by atoms with Crippen LogP contribution in [0.5, 0.6) is 17.2 Å². The van der Waals surface area contributed by atoms with Crippen LogP contribution < -0.4 is 24.4 Å². The van der Waals surface area contributed by atoms with Crippen molar-refractivity contribution < 1.29 is 48.0 Å². The molecule has 0 bridgehead atoms. The van der Waals surface area contributed by atoms with Gasteiger partial charge in [0.2, 0.25) is 5.91 Å². The number of methoxy groups -OCH3 is 3. The Kier molecular flexibility index (Phi) is 15.2. The molecule has 0 heterocycles. The topological polar surface area (TPSA) is 150 Å². The standard InChI is InChI=1S/C25H32ClNO6.C10H11NO4/c1-17(29)33-16-25(2,3)15-27(4)21-11-10-18(26)14-20(21)23(32-13-12-28)19-8-7-9-22(30-5)24(19)31-6;1-6(12)11-8-5-7(10(13)14)3-4-9(8)15-2/h7-12,14,23H,13,15-16H2,1-6H3;3-5H,1-2H3,(H,11,12)(H,13,14). The number of ether oxygens (including phenoxy) is 5. The predicted octanol–water partition coefficient (Wildman–Crippen LogP) is 6.04. The van der Waals surface area contributed by atoms with Crippen LogP contribution >= 0.6 is 11.6 Å². The second-order valence-corrected chi connectivity index (χ2v) is 11.8. The summed E-state index contributed by atoms with van der Waals surface area (Å²) in [5.41, 5.74) is 2.46. The number of carbonyl (C=O) groups is 4. The number of nitrogens with one attached hydrogen (secondary N) is 1. The van der Waals surface area contributed by atoms with E-state index in [1.165, 1.54) is 39.2 Å². The molecule has 0 aliphatic carbocycles. The van der Waals surface area contributed by atoms with Gasteiger partial charge in [-0.15, -0.1) is 0 Å². The summed E-state index contributed by atoms with van der Waals surface area (Å²) in [6, 6.07) is 15.3. The number of hydrogen-bond acceptors (Lipinski definition) is 10. The van der Waals surface area contributed by atoms with Gasteiger partial charge in [-0.05, 0) is 42.5 Å². The zero-order valence-corrected chi connectivity index (χ0v) is 29.2. The summed E-state index contributed by atoms with van der Waals surface area (Å²) in [6.45, 7) is 7.54. The van der Waals surface area contributed by atoms with E-state index in [-0.39, 0.29) is 36.1 Å². The smallest absolute Gasteiger partial charge is 0.335 e. The van der Waals surface area contributed by atoms with Gasteiger partial charge in [0.15, 0.2) is 11.5 Å².